The van der Waals surface area contributed by atoms with Crippen molar-refractivity contribution in [2.75, 3.05) is 51.3 Å². The molecule has 1 heterocycles. The van der Waals surface area contributed by atoms with Gasteiger partial charge >= 0.3 is 0 Å². The lowest BCUT2D eigenvalue weighted by Crippen LogP contribution is -2.48. The molecule has 0 saturated carbocycles. The van der Waals surface area contributed by atoms with Crippen LogP contribution in [0.15, 0.2) is 0 Å². The summed E-state index contributed by atoms with van der Waals surface area (Å²) in [4.78, 5) is 4.79. The SMILES string of the molecule is CC(C)C[C@@H](C)CN1CCN(CCS(C)(=O)=O)CC1. The zero-order chi connectivity index (χ0) is 14.5. The van der Waals surface area contributed by atoms with Gasteiger partial charge in [0, 0.05) is 45.5 Å². The van der Waals surface area contributed by atoms with Crippen LogP contribution in [0, 0.1) is 11.8 Å². The molecule has 5 heteroatoms. The highest BCUT2D eigenvalue weighted by Gasteiger charge is 2.19. The number of sulfone groups is 1. The molecule has 19 heavy (non-hydrogen) atoms. The summed E-state index contributed by atoms with van der Waals surface area (Å²) < 4.78 is 22.3. The van der Waals surface area contributed by atoms with Gasteiger partial charge in [-0.2, -0.15) is 0 Å². The highest BCUT2D eigenvalue weighted by Crippen LogP contribution is 2.13. The molecular weight excluding hydrogens is 260 g/mol. The lowest BCUT2D eigenvalue weighted by molar-refractivity contribution is 0.121. The third-order valence-electron chi connectivity index (χ3n) is 3.69. The summed E-state index contributed by atoms with van der Waals surface area (Å²) in [6, 6.07) is 0. The average Bonchev–Trinajstić information content (AvgIpc) is 2.26. The Morgan fingerprint density at radius 2 is 1.53 bits per heavy atom. The molecule has 0 spiro atoms. The summed E-state index contributed by atoms with van der Waals surface area (Å²) in [5.41, 5.74) is 0. The first kappa shape index (κ1) is 16.9. The zero-order valence-electron chi connectivity index (χ0n) is 12.9. The molecule has 4 nitrogen and oxygen atoms in total. The van der Waals surface area contributed by atoms with Gasteiger partial charge in [-0.05, 0) is 18.3 Å². The first-order chi connectivity index (χ1) is 8.76. The lowest BCUT2D eigenvalue weighted by atomic mass is 9.98. The Labute approximate surface area is 119 Å². The van der Waals surface area contributed by atoms with Crippen molar-refractivity contribution in [2.45, 2.75) is 27.2 Å². The molecule has 1 fully saturated rings. The molecule has 1 saturated heterocycles. The van der Waals surface area contributed by atoms with Gasteiger partial charge < -0.3 is 4.90 Å². The zero-order valence-corrected chi connectivity index (χ0v) is 13.7. The molecule has 0 aromatic heterocycles. The topological polar surface area (TPSA) is 40.6 Å². The van der Waals surface area contributed by atoms with Gasteiger partial charge in [0.25, 0.3) is 0 Å². The number of nitrogens with zero attached hydrogens (tertiary/aromatic N) is 2. The Morgan fingerprint density at radius 3 is 2.00 bits per heavy atom. The predicted octanol–water partition coefficient (Wildman–Crippen LogP) is 1.33. The Hall–Kier alpha value is -0.130. The molecule has 0 radical (unpaired) electrons. The van der Waals surface area contributed by atoms with Crippen LogP contribution in [0.2, 0.25) is 0 Å². The molecule has 0 aromatic carbocycles. The summed E-state index contributed by atoms with van der Waals surface area (Å²) in [7, 11) is -2.82. The third kappa shape index (κ3) is 7.90. The minimum absolute atomic E-state index is 0.288. The van der Waals surface area contributed by atoms with Gasteiger partial charge in [0.15, 0.2) is 0 Å². The second-order valence-corrected chi connectivity index (χ2v) is 8.77. The minimum Gasteiger partial charge on any atom is -0.301 e. The highest BCUT2D eigenvalue weighted by atomic mass is 32.2. The molecule has 114 valence electrons. The highest BCUT2D eigenvalue weighted by molar-refractivity contribution is 7.90. The Bertz CT molecular complexity index is 346. The van der Waals surface area contributed by atoms with E-state index in [2.05, 4.69) is 30.6 Å². The maximum absolute atomic E-state index is 11.1. The molecule has 1 aliphatic rings. The van der Waals surface area contributed by atoms with E-state index in [9.17, 15) is 8.42 Å². The van der Waals surface area contributed by atoms with Crippen LogP contribution in [0.25, 0.3) is 0 Å². The molecule has 0 aromatic rings. The van der Waals surface area contributed by atoms with Crippen molar-refractivity contribution in [1.82, 2.24) is 9.80 Å². The predicted molar refractivity (Wildman–Crippen MR) is 81.2 cm³/mol. The second kappa shape index (κ2) is 7.60. The third-order valence-corrected chi connectivity index (χ3v) is 4.61. The first-order valence-corrected chi connectivity index (χ1v) is 9.44. The quantitative estimate of drug-likeness (QED) is 0.709. The molecule has 0 amide bonds. The van der Waals surface area contributed by atoms with Crippen LogP contribution in [0.1, 0.15) is 27.2 Å². The van der Waals surface area contributed by atoms with Crippen LogP contribution in [0.3, 0.4) is 0 Å². The molecular formula is C14H30N2O2S. The van der Waals surface area contributed by atoms with Gasteiger partial charge in [0.1, 0.15) is 9.84 Å². The molecule has 0 aliphatic carbocycles. The summed E-state index contributed by atoms with van der Waals surface area (Å²) in [5, 5.41) is 0. The molecule has 1 atom stereocenters. The summed E-state index contributed by atoms with van der Waals surface area (Å²) in [5.74, 6) is 1.81. The number of piperazine rings is 1. The standard InChI is InChI=1S/C14H30N2O2S/c1-13(2)11-14(3)12-16-7-5-15(6-8-16)9-10-19(4,17)18/h13-14H,5-12H2,1-4H3/t14-/m1/s1. The van der Waals surface area contributed by atoms with Crippen molar-refractivity contribution < 1.29 is 8.42 Å². The average molecular weight is 290 g/mol. The van der Waals surface area contributed by atoms with Crippen molar-refractivity contribution in [3.8, 4) is 0 Å². The van der Waals surface area contributed by atoms with Gasteiger partial charge in [-0.25, -0.2) is 8.42 Å². The summed E-state index contributed by atoms with van der Waals surface area (Å²) in [6.07, 6.45) is 2.60. The number of rotatable bonds is 7. The molecule has 0 unspecified atom stereocenters. The number of hydrogen-bond donors (Lipinski definition) is 0. The fourth-order valence-electron chi connectivity index (χ4n) is 2.81. The first-order valence-electron chi connectivity index (χ1n) is 7.38. The minimum atomic E-state index is -2.82. The maximum Gasteiger partial charge on any atom is 0.148 e. The van der Waals surface area contributed by atoms with Crippen LogP contribution in [-0.2, 0) is 9.84 Å². The molecule has 1 rings (SSSR count). The van der Waals surface area contributed by atoms with Crippen molar-refractivity contribution in [3.05, 3.63) is 0 Å². The lowest BCUT2D eigenvalue weighted by Gasteiger charge is -2.36. The fraction of sp³-hybridized carbons (Fsp3) is 1.00. The molecule has 0 N–H and O–H groups in total. The van der Waals surface area contributed by atoms with E-state index in [1.54, 1.807) is 0 Å². The van der Waals surface area contributed by atoms with Crippen molar-refractivity contribution >= 4 is 9.84 Å². The van der Waals surface area contributed by atoms with E-state index >= 15 is 0 Å². The van der Waals surface area contributed by atoms with Crippen molar-refractivity contribution in [2.24, 2.45) is 11.8 Å². The van der Waals surface area contributed by atoms with Gasteiger partial charge in [0.05, 0.1) is 5.75 Å². The van der Waals surface area contributed by atoms with E-state index in [1.807, 2.05) is 0 Å². The van der Waals surface area contributed by atoms with Gasteiger partial charge in [0.2, 0.25) is 0 Å². The normalized spacial score (nSPS) is 20.9. The van der Waals surface area contributed by atoms with Crippen LogP contribution in [0.4, 0.5) is 0 Å². The van der Waals surface area contributed by atoms with Crippen LogP contribution >= 0.6 is 0 Å². The van der Waals surface area contributed by atoms with Crippen LogP contribution in [-0.4, -0.2) is 69.5 Å². The number of hydrogen-bond acceptors (Lipinski definition) is 4. The van der Waals surface area contributed by atoms with E-state index < -0.39 is 9.84 Å². The van der Waals surface area contributed by atoms with Gasteiger partial charge in [-0.1, -0.05) is 20.8 Å². The van der Waals surface area contributed by atoms with Crippen molar-refractivity contribution in [3.63, 3.8) is 0 Å². The Balaban J connectivity index is 2.21. The molecule has 0 bridgehead atoms. The van der Waals surface area contributed by atoms with Gasteiger partial charge in [-0.3, -0.25) is 4.90 Å². The summed E-state index contributed by atoms with van der Waals surface area (Å²) in [6.45, 7) is 12.9. The smallest absolute Gasteiger partial charge is 0.148 e. The van der Waals surface area contributed by atoms with Gasteiger partial charge in [-0.15, -0.1) is 0 Å². The van der Waals surface area contributed by atoms with E-state index in [0.29, 0.717) is 6.54 Å². The maximum atomic E-state index is 11.1. The van der Waals surface area contributed by atoms with Crippen LogP contribution in [0.5, 0.6) is 0 Å². The van der Waals surface area contributed by atoms with E-state index in [4.69, 9.17) is 0 Å². The van der Waals surface area contributed by atoms with Crippen LogP contribution < -0.4 is 0 Å². The Morgan fingerprint density at radius 1 is 1.00 bits per heavy atom. The van der Waals surface area contributed by atoms with E-state index in [1.165, 1.54) is 19.2 Å². The largest absolute Gasteiger partial charge is 0.301 e. The van der Waals surface area contributed by atoms with E-state index in [-0.39, 0.29) is 5.75 Å². The summed E-state index contributed by atoms with van der Waals surface area (Å²) >= 11 is 0. The molecule has 1 aliphatic heterocycles. The second-order valence-electron chi connectivity index (χ2n) is 6.51. The van der Waals surface area contributed by atoms with Crippen molar-refractivity contribution in [1.29, 1.82) is 0 Å². The van der Waals surface area contributed by atoms with E-state index in [0.717, 1.165) is 38.0 Å². The fourth-order valence-corrected chi connectivity index (χ4v) is 3.40. The Kier molecular flexibility index (Phi) is 6.77. The monoisotopic (exact) mass is 290 g/mol.